The lowest BCUT2D eigenvalue weighted by atomic mass is 9.99. The van der Waals surface area contributed by atoms with Crippen LogP contribution >= 0.6 is 11.3 Å². The van der Waals surface area contributed by atoms with Crippen molar-refractivity contribution < 1.29 is 4.42 Å². The number of nitrogens with zero attached hydrogens (tertiary/aromatic N) is 5. The van der Waals surface area contributed by atoms with E-state index in [-0.39, 0.29) is 0 Å². The zero-order valence-electron chi connectivity index (χ0n) is 44.5. The van der Waals surface area contributed by atoms with E-state index in [0.717, 1.165) is 95.0 Å². The first kappa shape index (κ1) is 45.9. The van der Waals surface area contributed by atoms with Gasteiger partial charge in [-0.15, -0.1) is 11.3 Å². The van der Waals surface area contributed by atoms with Crippen molar-refractivity contribution in [2.24, 2.45) is 0 Å². The highest BCUT2D eigenvalue weighted by Gasteiger charge is 2.23. The molecule has 386 valence electrons. The second kappa shape index (κ2) is 17.8. The van der Waals surface area contributed by atoms with Gasteiger partial charge in [0.15, 0.2) is 0 Å². The van der Waals surface area contributed by atoms with Crippen LogP contribution in [-0.4, -0.2) is 23.7 Å². The smallest absolute Gasteiger partial charge is 0.138 e. The molecule has 0 amide bonds. The molecule has 0 fully saturated rings. The fourth-order valence-electron chi connectivity index (χ4n) is 13.3. The van der Waals surface area contributed by atoms with Gasteiger partial charge in [0.25, 0.3) is 0 Å². The van der Waals surface area contributed by atoms with Crippen molar-refractivity contribution in [1.29, 1.82) is 0 Å². The Kier molecular flexibility index (Phi) is 9.87. The van der Waals surface area contributed by atoms with Crippen molar-refractivity contribution in [3.8, 4) is 62.1 Å². The molecule has 0 radical (unpaired) electrons. The highest BCUT2D eigenvalue weighted by molar-refractivity contribution is 7.25. The van der Waals surface area contributed by atoms with Crippen LogP contribution in [0.2, 0.25) is 0 Å². The minimum Gasteiger partial charge on any atom is -0.456 e. The van der Waals surface area contributed by atoms with E-state index < -0.39 is 0 Å². The van der Waals surface area contributed by atoms with Crippen LogP contribution in [0.3, 0.4) is 0 Å². The predicted octanol–water partition coefficient (Wildman–Crippen LogP) is 20.7. The van der Waals surface area contributed by atoms with Crippen LogP contribution in [0.25, 0.3) is 170 Å². The Morgan fingerprint density at radius 3 is 1.31 bits per heavy atom. The Labute approximate surface area is 479 Å². The summed E-state index contributed by atoms with van der Waals surface area (Å²) in [5, 5.41) is 11.8. The van der Waals surface area contributed by atoms with E-state index >= 15 is 0 Å². The van der Waals surface area contributed by atoms with Gasteiger partial charge in [0.2, 0.25) is 0 Å². The maximum absolute atomic E-state index is 6.56. The van der Waals surface area contributed by atoms with Crippen molar-refractivity contribution >= 4 is 119 Å². The molecule has 7 aromatic heterocycles. The number of furan rings is 1. The summed E-state index contributed by atoms with van der Waals surface area (Å²) >= 11 is 1.84. The van der Waals surface area contributed by atoms with Crippen LogP contribution in [0.4, 0.5) is 0 Å². The van der Waals surface area contributed by atoms with Crippen molar-refractivity contribution in [1.82, 2.24) is 23.7 Å². The van der Waals surface area contributed by atoms with E-state index in [2.05, 4.69) is 287 Å². The van der Waals surface area contributed by atoms with Gasteiger partial charge in [0.05, 0.1) is 44.5 Å². The molecular weight excluding hydrogens is 1030 g/mol. The fourth-order valence-corrected chi connectivity index (χ4v) is 14.4. The number of aromatic nitrogens is 5. The number of fused-ring (bicyclic) bond motifs is 16. The van der Waals surface area contributed by atoms with E-state index in [1.807, 2.05) is 11.3 Å². The Morgan fingerprint density at radius 2 is 0.699 bits per heavy atom. The molecule has 0 aliphatic carbocycles. The molecule has 18 aromatic rings. The summed E-state index contributed by atoms with van der Waals surface area (Å²) in [7, 11) is 0. The summed E-state index contributed by atoms with van der Waals surface area (Å²) in [6.45, 7) is 0. The summed E-state index contributed by atoms with van der Waals surface area (Å²) in [4.78, 5) is 10.9. The largest absolute Gasteiger partial charge is 0.456 e. The molecule has 0 unspecified atom stereocenters. The zero-order chi connectivity index (χ0) is 54.3. The SMILES string of the molecule is c1ccc(-c2ccc3c(c2)c2cc(-c4ccc5oc6ccc(-c7cccc(-n8c9ccccc9c9c%10c%11ccccc%11n(-c%11cccc(-c%12ccc%13sc%14ccccc%14c%13c%12)n%11)c%10ccc98)n7)cc6c5c4)ccc2n3-c2ccccc2)cc1. The van der Waals surface area contributed by atoms with Gasteiger partial charge in [-0.05, 0) is 156 Å². The molecule has 6 nitrogen and oxygen atoms in total. The molecule has 0 spiro atoms. The summed E-state index contributed by atoms with van der Waals surface area (Å²) in [5.74, 6) is 1.73. The molecule has 0 saturated carbocycles. The molecule has 0 bridgehead atoms. The third kappa shape index (κ3) is 7.02. The molecule has 0 saturated heterocycles. The van der Waals surface area contributed by atoms with Gasteiger partial charge in [-0.2, -0.15) is 0 Å². The molecule has 18 rings (SSSR count). The third-order valence-electron chi connectivity index (χ3n) is 17.1. The summed E-state index contributed by atoms with van der Waals surface area (Å²) in [5.41, 5.74) is 18.2. The number of hydrogen-bond donors (Lipinski definition) is 0. The van der Waals surface area contributed by atoms with Crippen LogP contribution in [0.15, 0.2) is 277 Å². The first-order chi connectivity index (χ1) is 41.1. The first-order valence-electron chi connectivity index (χ1n) is 28.1. The van der Waals surface area contributed by atoms with Crippen LogP contribution in [0.1, 0.15) is 0 Å². The molecule has 11 aromatic carbocycles. The van der Waals surface area contributed by atoms with E-state index in [9.17, 15) is 0 Å². The Morgan fingerprint density at radius 1 is 0.265 bits per heavy atom. The molecule has 0 aliphatic heterocycles. The molecule has 0 aliphatic rings. The summed E-state index contributed by atoms with van der Waals surface area (Å²) in [6, 6.07) is 98.3. The minimum atomic E-state index is 0.841. The number of thiophene rings is 1. The number of pyridine rings is 2. The molecule has 0 N–H and O–H groups in total. The van der Waals surface area contributed by atoms with Crippen LogP contribution in [0.5, 0.6) is 0 Å². The van der Waals surface area contributed by atoms with Gasteiger partial charge in [-0.1, -0.05) is 140 Å². The van der Waals surface area contributed by atoms with Gasteiger partial charge in [-0.25, -0.2) is 9.97 Å². The topological polar surface area (TPSA) is 53.7 Å². The fraction of sp³-hybridized carbons (Fsp3) is 0. The molecule has 7 heteroatoms. The Hall–Kier alpha value is -10.9. The van der Waals surface area contributed by atoms with Crippen molar-refractivity contribution in [2.75, 3.05) is 0 Å². The van der Waals surface area contributed by atoms with Gasteiger partial charge >= 0.3 is 0 Å². The van der Waals surface area contributed by atoms with E-state index in [4.69, 9.17) is 14.4 Å². The third-order valence-corrected chi connectivity index (χ3v) is 18.2. The second-order valence-electron chi connectivity index (χ2n) is 21.7. The van der Waals surface area contributed by atoms with Crippen molar-refractivity contribution in [3.05, 3.63) is 273 Å². The summed E-state index contributed by atoms with van der Waals surface area (Å²) < 4.78 is 16.2. The van der Waals surface area contributed by atoms with Crippen LogP contribution in [0, 0.1) is 0 Å². The predicted molar refractivity (Wildman–Crippen MR) is 347 cm³/mol. The lowest BCUT2D eigenvalue weighted by Gasteiger charge is -2.11. The summed E-state index contributed by atoms with van der Waals surface area (Å²) in [6.07, 6.45) is 0. The number of rotatable bonds is 7. The Bertz CT molecular complexity index is 5700. The standard InChI is InChI=1S/C76H45N5OS/c1-3-15-46(16-4-1)47-29-34-65-56(41-47)57-42-48(30-35-66(57)79(65)52-17-5-2-6-18-52)49-31-38-69-58(43-49)59-44-50(32-39-70(59)82-69)61-22-13-27-73(77-61)80-63-24-10-7-20-54(63)75-67(80)36-37-68-76(75)55-21-8-11-25-64(55)81(68)74-28-14-23-62(78-74)51-33-40-72-60(45-51)53-19-9-12-26-71(53)83-72/h1-45H. The lowest BCUT2D eigenvalue weighted by molar-refractivity contribution is 0.669. The maximum Gasteiger partial charge on any atom is 0.138 e. The molecule has 7 heterocycles. The van der Waals surface area contributed by atoms with E-state index in [1.54, 1.807) is 0 Å². The maximum atomic E-state index is 6.56. The van der Waals surface area contributed by atoms with Crippen LogP contribution < -0.4 is 0 Å². The quantitative estimate of drug-likeness (QED) is 0.160. The van der Waals surface area contributed by atoms with Crippen LogP contribution in [-0.2, 0) is 0 Å². The van der Waals surface area contributed by atoms with E-state index in [0.29, 0.717) is 0 Å². The monoisotopic (exact) mass is 1080 g/mol. The van der Waals surface area contributed by atoms with E-state index in [1.165, 1.54) is 74.6 Å². The second-order valence-corrected chi connectivity index (χ2v) is 22.7. The number of benzene rings is 11. The molecule has 0 atom stereocenters. The van der Waals surface area contributed by atoms with Gasteiger partial charge in [0, 0.05) is 80.1 Å². The molecule has 83 heavy (non-hydrogen) atoms. The molecular formula is C76H45N5OS. The van der Waals surface area contributed by atoms with Gasteiger partial charge in [0.1, 0.15) is 22.8 Å². The zero-order valence-corrected chi connectivity index (χ0v) is 45.3. The van der Waals surface area contributed by atoms with Gasteiger partial charge < -0.3 is 8.98 Å². The highest BCUT2D eigenvalue weighted by atomic mass is 32.1. The van der Waals surface area contributed by atoms with Crippen molar-refractivity contribution in [3.63, 3.8) is 0 Å². The number of hydrogen-bond acceptors (Lipinski definition) is 4. The average Bonchev–Trinajstić information content (AvgIpc) is 1.95. The highest BCUT2D eigenvalue weighted by Crippen LogP contribution is 2.44. The van der Waals surface area contributed by atoms with Gasteiger partial charge in [-0.3, -0.25) is 9.13 Å². The first-order valence-corrected chi connectivity index (χ1v) is 28.9. The Balaban J connectivity index is 0.742. The minimum absolute atomic E-state index is 0.841. The van der Waals surface area contributed by atoms with Crippen molar-refractivity contribution in [2.45, 2.75) is 0 Å². The normalized spacial score (nSPS) is 12.1. The lowest BCUT2D eigenvalue weighted by Crippen LogP contribution is -1.99. The number of para-hydroxylation sites is 3. The average molecular weight is 1080 g/mol.